The molecule has 0 amide bonds. The molecule has 1 aromatic heterocycles. The van der Waals surface area contributed by atoms with Crippen molar-refractivity contribution in [3.05, 3.63) is 47.3 Å². The molecule has 0 spiro atoms. The van der Waals surface area contributed by atoms with Crippen molar-refractivity contribution < 1.29 is 14.2 Å². The third-order valence-electron chi connectivity index (χ3n) is 5.10. The highest BCUT2D eigenvalue weighted by Crippen LogP contribution is 2.42. The molecule has 1 unspecified atom stereocenters. The number of aromatic nitrogens is 1. The molecule has 3 rings (SSSR count). The van der Waals surface area contributed by atoms with Crippen LogP contribution < -0.4 is 19.5 Å². The Morgan fingerprint density at radius 3 is 2.41 bits per heavy atom. The van der Waals surface area contributed by atoms with E-state index >= 15 is 0 Å². The SMILES string of the molecule is COc1cc(C(c2ccncc2C)N2CCCNCC2)cc(OC)c1OC. The average molecular weight is 371 g/mol. The summed E-state index contributed by atoms with van der Waals surface area (Å²) in [7, 11) is 4.94. The third kappa shape index (κ3) is 4.17. The van der Waals surface area contributed by atoms with Crippen LogP contribution in [0.5, 0.6) is 17.2 Å². The van der Waals surface area contributed by atoms with E-state index in [-0.39, 0.29) is 6.04 Å². The maximum absolute atomic E-state index is 5.60. The number of pyridine rings is 1. The Balaban J connectivity index is 2.14. The molecule has 1 aromatic carbocycles. The Hall–Kier alpha value is -2.31. The molecule has 1 aliphatic rings. The lowest BCUT2D eigenvalue weighted by Gasteiger charge is -2.32. The molecule has 0 bridgehead atoms. The van der Waals surface area contributed by atoms with Crippen LogP contribution in [-0.2, 0) is 0 Å². The Morgan fingerprint density at radius 1 is 1.04 bits per heavy atom. The number of methoxy groups -OCH3 is 3. The lowest BCUT2D eigenvalue weighted by molar-refractivity contribution is 0.238. The molecule has 0 aliphatic carbocycles. The Labute approximate surface area is 161 Å². The van der Waals surface area contributed by atoms with E-state index in [9.17, 15) is 0 Å². The van der Waals surface area contributed by atoms with Gasteiger partial charge in [-0.1, -0.05) is 0 Å². The van der Waals surface area contributed by atoms with Gasteiger partial charge in [0.15, 0.2) is 11.5 Å². The quantitative estimate of drug-likeness (QED) is 0.843. The monoisotopic (exact) mass is 371 g/mol. The summed E-state index contributed by atoms with van der Waals surface area (Å²) in [5.41, 5.74) is 3.55. The first-order valence-electron chi connectivity index (χ1n) is 9.34. The summed E-state index contributed by atoms with van der Waals surface area (Å²) in [4.78, 5) is 6.80. The first kappa shape index (κ1) is 19.5. The Morgan fingerprint density at radius 2 is 1.78 bits per heavy atom. The lowest BCUT2D eigenvalue weighted by Crippen LogP contribution is -2.33. The lowest BCUT2D eigenvalue weighted by atomic mass is 9.94. The van der Waals surface area contributed by atoms with E-state index in [1.54, 1.807) is 21.3 Å². The van der Waals surface area contributed by atoms with Crippen molar-refractivity contribution in [1.29, 1.82) is 0 Å². The van der Waals surface area contributed by atoms with Gasteiger partial charge in [-0.15, -0.1) is 0 Å². The number of nitrogens with zero attached hydrogens (tertiary/aromatic N) is 2. The number of benzene rings is 1. The minimum atomic E-state index is 0.0987. The largest absolute Gasteiger partial charge is 0.493 e. The maximum atomic E-state index is 5.60. The highest BCUT2D eigenvalue weighted by molar-refractivity contribution is 5.55. The molecule has 6 nitrogen and oxygen atoms in total. The minimum Gasteiger partial charge on any atom is -0.493 e. The standard InChI is InChI=1S/C21H29N3O3/c1-15-14-23-8-6-17(15)20(24-10-5-7-22-9-11-24)16-12-18(25-2)21(27-4)19(13-16)26-3/h6,8,12-14,20,22H,5,7,9-11H2,1-4H3. The normalized spacial score (nSPS) is 16.4. The smallest absolute Gasteiger partial charge is 0.203 e. The minimum absolute atomic E-state index is 0.0987. The molecular formula is C21H29N3O3. The number of nitrogens with one attached hydrogen (secondary N) is 1. The molecule has 1 saturated heterocycles. The molecule has 0 saturated carbocycles. The van der Waals surface area contributed by atoms with Crippen LogP contribution in [-0.4, -0.2) is 57.4 Å². The van der Waals surface area contributed by atoms with E-state index in [0.29, 0.717) is 17.2 Å². The molecule has 1 N–H and O–H groups in total. The second-order valence-electron chi connectivity index (χ2n) is 6.73. The number of hydrogen-bond acceptors (Lipinski definition) is 6. The Bertz CT molecular complexity index is 733. The molecule has 6 heteroatoms. The second kappa shape index (κ2) is 9.06. The summed E-state index contributed by atoms with van der Waals surface area (Å²) in [6.07, 6.45) is 4.91. The summed E-state index contributed by atoms with van der Waals surface area (Å²) in [6.45, 7) is 6.14. The van der Waals surface area contributed by atoms with Crippen molar-refractivity contribution in [3.8, 4) is 17.2 Å². The van der Waals surface area contributed by atoms with Crippen LogP contribution in [0.1, 0.15) is 29.2 Å². The van der Waals surface area contributed by atoms with E-state index < -0.39 is 0 Å². The predicted octanol–water partition coefficient (Wildman–Crippen LogP) is 2.80. The summed E-state index contributed by atoms with van der Waals surface area (Å²) in [6, 6.07) is 6.33. The number of hydrogen-bond donors (Lipinski definition) is 1. The molecule has 146 valence electrons. The zero-order chi connectivity index (χ0) is 19.2. The van der Waals surface area contributed by atoms with Crippen LogP contribution in [0.2, 0.25) is 0 Å². The Kier molecular flexibility index (Phi) is 6.53. The van der Waals surface area contributed by atoms with Crippen molar-refractivity contribution in [2.75, 3.05) is 47.5 Å². The fourth-order valence-electron chi connectivity index (χ4n) is 3.76. The third-order valence-corrected chi connectivity index (χ3v) is 5.10. The van der Waals surface area contributed by atoms with E-state index in [0.717, 1.165) is 38.2 Å². The van der Waals surface area contributed by atoms with Gasteiger partial charge in [-0.2, -0.15) is 0 Å². The van der Waals surface area contributed by atoms with Gasteiger partial charge in [0.05, 0.1) is 27.4 Å². The molecule has 2 heterocycles. The zero-order valence-corrected chi connectivity index (χ0v) is 16.6. The van der Waals surface area contributed by atoms with Gasteiger partial charge in [-0.05, 0) is 54.8 Å². The number of aryl methyl sites for hydroxylation is 1. The van der Waals surface area contributed by atoms with Crippen molar-refractivity contribution >= 4 is 0 Å². The van der Waals surface area contributed by atoms with Crippen molar-refractivity contribution in [2.45, 2.75) is 19.4 Å². The van der Waals surface area contributed by atoms with Gasteiger partial charge in [0.2, 0.25) is 5.75 Å². The molecule has 0 radical (unpaired) electrons. The summed E-state index contributed by atoms with van der Waals surface area (Å²) in [5, 5.41) is 3.49. The van der Waals surface area contributed by atoms with Crippen LogP contribution in [0.25, 0.3) is 0 Å². The topological polar surface area (TPSA) is 55.9 Å². The maximum Gasteiger partial charge on any atom is 0.203 e. The van der Waals surface area contributed by atoms with E-state index in [1.165, 1.54) is 11.1 Å². The van der Waals surface area contributed by atoms with Crippen molar-refractivity contribution in [3.63, 3.8) is 0 Å². The second-order valence-corrected chi connectivity index (χ2v) is 6.73. The summed E-state index contributed by atoms with van der Waals surface area (Å²) >= 11 is 0. The molecule has 1 atom stereocenters. The van der Waals surface area contributed by atoms with E-state index in [2.05, 4.69) is 40.3 Å². The van der Waals surface area contributed by atoms with Crippen molar-refractivity contribution in [2.24, 2.45) is 0 Å². The first-order chi connectivity index (χ1) is 13.2. The van der Waals surface area contributed by atoms with Gasteiger partial charge in [0, 0.05) is 32.0 Å². The highest BCUT2D eigenvalue weighted by Gasteiger charge is 2.27. The first-order valence-corrected chi connectivity index (χ1v) is 9.34. The van der Waals surface area contributed by atoms with Gasteiger partial charge < -0.3 is 19.5 Å². The molecule has 1 fully saturated rings. The predicted molar refractivity (Wildman–Crippen MR) is 106 cm³/mol. The van der Waals surface area contributed by atoms with Crippen molar-refractivity contribution in [1.82, 2.24) is 15.2 Å². The number of ether oxygens (including phenoxy) is 3. The zero-order valence-electron chi connectivity index (χ0n) is 16.6. The van der Waals surface area contributed by atoms with Crippen LogP contribution in [0.3, 0.4) is 0 Å². The van der Waals surface area contributed by atoms with Gasteiger partial charge in [0.1, 0.15) is 0 Å². The van der Waals surface area contributed by atoms with Crippen LogP contribution >= 0.6 is 0 Å². The molecule has 27 heavy (non-hydrogen) atoms. The number of rotatable bonds is 6. The van der Waals surface area contributed by atoms with Gasteiger partial charge in [-0.25, -0.2) is 0 Å². The van der Waals surface area contributed by atoms with Crippen LogP contribution in [0.4, 0.5) is 0 Å². The van der Waals surface area contributed by atoms with Crippen LogP contribution in [0.15, 0.2) is 30.6 Å². The molecular weight excluding hydrogens is 342 g/mol. The van der Waals surface area contributed by atoms with Gasteiger partial charge >= 0.3 is 0 Å². The van der Waals surface area contributed by atoms with E-state index in [4.69, 9.17) is 14.2 Å². The summed E-state index contributed by atoms with van der Waals surface area (Å²) in [5.74, 6) is 1.97. The highest BCUT2D eigenvalue weighted by atomic mass is 16.5. The summed E-state index contributed by atoms with van der Waals surface area (Å²) < 4.78 is 16.7. The average Bonchev–Trinajstić information content (AvgIpc) is 2.98. The van der Waals surface area contributed by atoms with Crippen LogP contribution in [0, 0.1) is 6.92 Å². The molecule has 2 aromatic rings. The fraction of sp³-hybridized carbons (Fsp3) is 0.476. The van der Waals surface area contributed by atoms with Gasteiger partial charge in [0.25, 0.3) is 0 Å². The molecule has 1 aliphatic heterocycles. The van der Waals surface area contributed by atoms with Gasteiger partial charge in [-0.3, -0.25) is 9.88 Å². The van der Waals surface area contributed by atoms with E-state index in [1.807, 2.05) is 12.4 Å². The fourth-order valence-corrected chi connectivity index (χ4v) is 3.76.